The van der Waals surface area contributed by atoms with Crippen molar-refractivity contribution < 1.29 is 4.74 Å². The fourth-order valence-electron chi connectivity index (χ4n) is 3.09. The molecule has 3 rings (SSSR count). The Morgan fingerprint density at radius 3 is 2.66 bits per heavy atom. The average molecular weight is 412 g/mol. The third-order valence-electron chi connectivity index (χ3n) is 4.64. The molecular formula is C22H26ClN5O. The lowest BCUT2D eigenvalue weighted by molar-refractivity contribution is 0.106. The van der Waals surface area contributed by atoms with Gasteiger partial charge in [-0.2, -0.15) is 5.10 Å². The van der Waals surface area contributed by atoms with Crippen molar-refractivity contribution in [3.63, 3.8) is 0 Å². The summed E-state index contributed by atoms with van der Waals surface area (Å²) in [6.45, 7) is 1.97. The molecule has 0 aliphatic rings. The van der Waals surface area contributed by atoms with Crippen LogP contribution in [0.1, 0.15) is 22.8 Å². The lowest BCUT2D eigenvalue weighted by Crippen LogP contribution is -2.39. The molecule has 1 atom stereocenters. The number of nitrogens with zero attached hydrogens (tertiary/aromatic N) is 3. The van der Waals surface area contributed by atoms with Gasteiger partial charge in [-0.25, -0.2) is 0 Å². The Hall–Kier alpha value is -2.83. The minimum absolute atomic E-state index is 0.126. The topological polar surface area (TPSA) is 63.5 Å². The Morgan fingerprint density at radius 1 is 1.14 bits per heavy atom. The van der Waals surface area contributed by atoms with E-state index in [1.165, 1.54) is 11.1 Å². The summed E-state index contributed by atoms with van der Waals surface area (Å²) in [5.41, 5.74) is 3.43. The minimum Gasteiger partial charge on any atom is -0.375 e. The van der Waals surface area contributed by atoms with Crippen LogP contribution in [-0.4, -0.2) is 36.4 Å². The molecule has 3 aromatic rings. The zero-order valence-corrected chi connectivity index (χ0v) is 17.4. The minimum atomic E-state index is -0.126. The van der Waals surface area contributed by atoms with Crippen molar-refractivity contribution in [3.05, 3.63) is 88.7 Å². The van der Waals surface area contributed by atoms with Crippen LogP contribution in [0.2, 0.25) is 5.02 Å². The SMILES string of the molecule is CN=C(NCc1ccccc1Cn1cccn1)NCC(OC)c1cccc(Cl)c1. The largest absolute Gasteiger partial charge is 0.375 e. The van der Waals surface area contributed by atoms with Crippen LogP contribution < -0.4 is 10.6 Å². The van der Waals surface area contributed by atoms with E-state index < -0.39 is 0 Å². The van der Waals surface area contributed by atoms with Crippen LogP contribution in [0, 0.1) is 0 Å². The molecule has 7 heteroatoms. The van der Waals surface area contributed by atoms with Gasteiger partial charge in [-0.1, -0.05) is 48.0 Å². The summed E-state index contributed by atoms with van der Waals surface area (Å²) in [5.74, 6) is 0.711. The van der Waals surface area contributed by atoms with E-state index in [9.17, 15) is 0 Å². The first-order valence-corrected chi connectivity index (χ1v) is 9.84. The zero-order valence-electron chi connectivity index (χ0n) is 16.7. The molecule has 6 nitrogen and oxygen atoms in total. The quantitative estimate of drug-likeness (QED) is 0.439. The Labute approximate surface area is 176 Å². The van der Waals surface area contributed by atoms with Crippen molar-refractivity contribution in [1.29, 1.82) is 0 Å². The van der Waals surface area contributed by atoms with Crippen LogP contribution >= 0.6 is 11.6 Å². The highest BCUT2D eigenvalue weighted by molar-refractivity contribution is 6.30. The van der Waals surface area contributed by atoms with Crippen LogP contribution in [0.3, 0.4) is 0 Å². The summed E-state index contributed by atoms with van der Waals surface area (Å²) < 4.78 is 7.53. The predicted octanol–water partition coefficient (Wildman–Crippen LogP) is 3.64. The van der Waals surface area contributed by atoms with E-state index in [-0.39, 0.29) is 6.10 Å². The maximum atomic E-state index is 6.10. The molecule has 1 aromatic heterocycles. The number of hydrogen-bond acceptors (Lipinski definition) is 3. The smallest absolute Gasteiger partial charge is 0.191 e. The van der Waals surface area contributed by atoms with Gasteiger partial charge in [0.2, 0.25) is 0 Å². The molecule has 2 N–H and O–H groups in total. The van der Waals surface area contributed by atoms with Crippen molar-refractivity contribution in [3.8, 4) is 0 Å². The first kappa shape index (κ1) is 20.9. The Kier molecular flexibility index (Phi) is 7.67. The molecule has 2 aromatic carbocycles. The van der Waals surface area contributed by atoms with Crippen LogP contribution in [0.25, 0.3) is 0 Å². The van der Waals surface area contributed by atoms with E-state index in [1.807, 2.05) is 53.3 Å². The van der Waals surface area contributed by atoms with Gasteiger partial charge in [0.05, 0.1) is 12.6 Å². The van der Waals surface area contributed by atoms with Crippen LogP contribution in [-0.2, 0) is 17.8 Å². The van der Waals surface area contributed by atoms with Crippen molar-refractivity contribution in [2.24, 2.45) is 4.99 Å². The molecule has 152 valence electrons. The van der Waals surface area contributed by atoms with Crippen LogP contribution in [0.4, 0.5) is 0 Å². The van der Waals surface area contributed by atoms with Crippen molar-refractivity contribution in [2.75, 3.05) is 20.7 Å². The van der Waals surface area contributed by atoms with E-state index in [0.717, 1.165) is 12.1 Å². The maximum absolute atomic E-state index is 6.10. The summed E-state index contributed by atoms with van der Waals surface area (Å²) in [7, 11) is 3.45. The standard InChI is InChI=1S/C22H26ClN5O/c1-24-22(26-15-21(29-2)17-9-5-10-20(23)13-17)25-14-18-7-3-4-8-19(18)16-28-12-6-11-27-28/h3-13,21H,14-16H2,1-2H3,(H2,24,25,26). The molecule has 0 radical (unpaired) electrons. The van der Waals surface area contributed by atoms with E-state index in [0.29, 0.717) is 24.1 Å². The van der Waals surface area contributed by atoms with Crippen LogP contribution in [0.15, 0.2) is 72.0 Å². The fraction of sp³-hybridized carbons (Fsp3) is 0.273. The average Bonchev–Trinajstić information content (AvgIpc) is 3.25. The third-order valence-corrected chi connectivity index (χ3v) is 4.87. The molecule has 0 amide bonds. The molecule has 0 aliphatic heterocycles. The van der Waals surface area contributed by atoms with Crippen molar-refractivity contribution in [1.82, 2.24) is 20.4 Å². The highest BCUT2D eigenvalue weighted by Crippen LogP contribution is 2.19. The van der Waals surface area contributed by atoms with Gasteiger partial charge in [0, 0.05) is 44.7 Å². The Bertz CT molecular complexity index is 926. The molecule has 1 heterocycles. The number of nitrogens with one attached hydrogen (secondary N) is 2. The number of rotatable bonds is 8. The number of aromatic nitrogens is 2. The molecule has 29 heavy (non-hydrogen) atoms. The second-order valence-corrected chi connectivity index (χ2v) is 6.99. The molecule has 0 saturated carbocycles. The van der Waals surface area contributed by atoms with Gasteiger partial charge in [-0.3, -0.25) is 9.67 Å². The highest BCUT2D eigenvalue weighted by Gasteiger charge is 2.12. The van der Waals surface area contributed by atoms with E-state index >= 15 is 0 Å². The van der Waals surface area contributed by atoms with Crippen molar-refractivity contribution in [2.45, 2.75) is 19.2 Å². The molecule has 1 unspecified atom stereocenters. The van der Waals surface area contributed by atoms with E-state index in [2.05, 4.69) is 32.9 Å². The number of hydrogen-bond donors (Lipinski definition) is 2. The lowest BCUT2D eigenvalue weighted by atomic mass is 10.1. The molecule has 0 aliphatic carbocycles. The normalized spacial score (nSPS) is 12.6. The number of guanidine groups is 1. The number of ether oxygens (including phenoxy) is 1. The first-order chi connectivity index (χ1) is 14.2. The monoisotopic (exact) mass is 411 g/mol. The highest BCUT2D eigenvalue weighted by atomic mass is 35.5. The summed E-state index contributed by atoms with van der Waals surface area (Å²) in [5, 5.41) is 11.7. The van der Waals surface area contributed by atoms with Crippen LogP contribution in [0.5, 0.6) is 0 Å². The predicted molar refractivity (Wildman–Crippen MR) is 117 cm³/mol. The second-order valence-electron chi connectivity index (χ2n) is 6.56. The summed E-state index contributed by atoms with van der Waals surface area (Å²) in [6, 6.07) is 17.9. The van der Waals surface area contributed by atoms with Gasteiger partial charge in [-0.05, 0) is 34.9 Å². The molecule has 0 bridgehead atoms. The molecule has 0 saturated heterocycles. The van der Waals surface area contributed by atoms with Gasteiger partial charge in [0.1, 0.15) is 0 Å². The number of aliphatic imine (C=N–C) groups is 1. The Morgan fingerprint density at radius 2 is 1.97 bits per heavy atom. The number of benzene rings is 2. The zero-order chi connectivity index (χ0) is 20.5. The third kappa shape index (κ3) is 6.07. The first-order valence-electron chi connectivity index (χ1n) is 9.46. The van der Waals surface area contributed by atoms with Gasteiger partial charge in [0.25, 0.3) is 0 Å². The summed E-state index contributed by atoms with van der Waals surface area (Å²) in [4.78, 5) is 4.32. The summed E-state index contributed by atoms with van der Waals surface area (Å²) >= 11 is 6.10. The fourth-order valence-corrected chi connectivity index (χ4v) is 3.28. The van der Waals surface area contributed by atoms with E-state index in [4.69, 9.17) is 16.3 Å². The maximum Gasteiger partial charge on any atom is 0.191 e. The van der Waals surface area contributed by atoms with Crippen molar-refractivity contribution >= 4 is 17.6 Å². The Balaban J connectivity index is 1.58. The number of halogens is 1. The van der Waals surface area contributed by atoms with Gasteiger partial charge in [0.15, 0.2) is 5.96 Å². The summed E-state index contributed by atoms with van der Waals surface area (Å²) in [6.07, 6.45) is 3.63. The van der Waals surface area contributed by atoms with Gasteiger partial charge >= 0.3 is 0 Å². The number of methoxy groups -OCH3 is 1. The molecule has 0 fully saturated rings. The van der Waals surface area contributed by atoms with Gasteiger partial charge in [-0.15, -0.1) is 0 Å². The molecule has 0 spiro atoms. The second kappa shape index (κ2) is 10.6. The van der Waals surface area contributed by atoms with E-state index in [1.54, 1.807) is 20.4 Å². The van der Waals surface area contributed by atoms with Gasteiger partial charge < -0.3 is 15.4 Å². The molecular weight excluding hydrogens is 386 g/mol. The lowest BCUT2D eigenvalue weighted by Gasteiger charge is -2.19.